The van der Waals surface area contributed by atoms with E-state index in [1.165, 1.54) is 24.9 Å². The lowest BCUT2D eigenvalue weighted by molar-refractivity contribution is -0.150. The molecule has 0 bridgehead atoms. The normalized spacial score (nSPS) is 25.5. The van der Waals surface area contributed by atoms with Crippen LogP contribution in [0.4, 0.5) is 5.95 Å². The van der Waals surface area contributed by atoms with Gasteiger partial charge in [-0.05, 0) is 55.2 Å². The molecule has 3 heterocycles. The number of aliphatic hydroxyl groups excluding tert-OH is 1. The topological polar surface area (TPSA) is 207 Å². The van der Waals surface area contributed by atoms with Gasteiger partial charge in [0.2, 0.25) is 11.8 Å². The Morgan fingerprint density at radius 1 is 1.31 bits per heavy atom. The average Bonchev–Trinajstić information content (AvgIpc) is 3.67. The molecule has 2 fully saturated rings. The van der Waals surface area contributed by atoms with Gasteiger partial charge in [0.1, 0.15) is 36.6 Å². The number of ether oxygens (including phenoxy) is 3. The van der Waals surface area contributed by atoms with Crippen molar-refractivity contribution in [2.24, 2.45) is 5.73 Å². The van der Waals surface area contributed by atoms with Crippen LogP contribution in [0.5, 0.6) is 5.88 Å². The largest absolute Gasteiger partial charge is 0.590 e. The van der Waals surface area contributed by atoms with E-state index in [-0.39, 0.29) is 36.6 Å². The van der Waals surface area contributed by atoms with Gasteiger partial charge < -0.3 is 35.9 Å². The molecule has 6 unspecified atom stereocenters. The second-order valence-electron chi connectivity index (χ2n) is 10.5. The zero-order valence-corrected chi connectivity index (χ0v) is 24.9. The number of hydrogen-bond acceptors (Lipinski definition) is 14. The van der Waals surface area contributed by atoms with Crippen molar-refractivity contribution in [1.82, 2.24) is 19.5 Å². The molecule has 0 spiro atoms. The second kappa shape index (κ2) is 12.8. The van der Waals surface area contributed by atoms with E-state index in [0.717, 1.165) is 42.6 Å². The van der Waals surface area contributed by atoms with Crippen molar-refractivity contribution in [3.05, 3.63) is 36.2 Å². The summed E-state index contributed by atoms with van der Waals surface area (Å²) in [6.45, 7) is 1.13. The van der Waals surface area contributed by atoms with Crippen LogP contribution in [0.3, 0.4) is 0 Å². The number of imidazole rings is 1. The number of benzene rings is 1. The summed E-state index contributed by atoms with van der Waals surface area (Å²) in [5.74, 6) is -0.370. The highest BCUT2D eigenvalue weighted by Gasteiger charge is 2.54. The van der Waals surface area contributed by atoms with Crippen LogP contribution in [0.15, 0.2) is 35.5 Å². The molecular weight excluding hydrogens is 587 g/mol. The first-order valence-corrected chi connectivity index (χ1v) is 16.1. The highest BCUT2D eigenvalue weighted by Crippen LogP contribution is 2.47. The first-order chi connectivity index (χ1) is 20.1. The fraction of sp³-hybridized carbons (Fsp3) is 0.538. The maximum absolute atomic E-state index is 12.9. The molecule has 1 saturated carbocycles. The first-order valence-electron chi connectivity index (χ1n) is 13.5. The highest BCUT2D eigenvalue weighted by atomic mass is 32.7. The summed E-state index contributed by atoms with van der Waals surface area (Å²) >= 11 is 0.967. The van der Waals surface area contributed by atoms with Gasteiger partial charge in [-0.3, -0.25) is 9.36 Å². The van der Waals surface area contributed by atoms with Crippen molar-refractivity contribution < 1.29 is 38.3 Å². The van der Waals surface area contributed by atoms with E-state index in [9.17, 15) is 19.6 Å². The second-order valence-corrected chi connectivity index (χ2v) is 13.3. The number of aromatic nitrogens is 4. The summed E-state index contributed by atoms with van der Waals surface area (Å²) < 4.78 is 36.6. The Hall–Kier alpha value is -2.91. The van der Waals surface area contributed by atoms with Gasteiger partial charge in [-0.25, -0.2) is 4.98 Å². The van der Waals surface area contributed by atoms with Gasteiger partial charge in [0.05, 0.1) is 18.3 Å². The average molecular weight is 622 g/mol. The van der Waals surface area contributed by atoms with Crippen LogP contribution in [0.2, 0.25) is 0 Å². The minimum Gasteiger partial charge on any atom is -0.479 e. The van der Waals surface area contributed by atoms with E-state index in [1.54, 1.807) is 24.3 Å². The number of nitrogens with two attached hydrogens (primary N) is 2. The summed E-state index contributed by atoms with van der Waals surface area (Å²) in [6, 6.07) is 6.30. The number of nitrogens with zero attached hydrogens (tertiary/aromatic N) is 4. The number of nitrogen functional groups attached to an aromatic ring is 1. The van der Waals surface area contributed by atoms with Crippen LogP contribution >= 0.6 is 18.6 Å². The fourth-order valence-corrected chi connectivity index (χ4v) is 7.43. The van der Waals surface area contributed by atoms with E-state index < -0.39 is 43.3 Å². The van der Waals surface area contributed by atoms with Crippen molar-refractivity contribution >= 4 is 41.7 Å². The summed E-state index contributed by atoms with van der Waals surface area (Å²) in [5, 5.41) is 22.0. The maximum Gasteiger partial charge on any atom is 0.590 e. The molecule has 1 aliphatic carbocycles. The Labute approximate surface area is 246 Å². The van der Waals surface area contributed by atoms with Gasteiger partial charge in [0.25, 0.3) is 0 Å². The summed E-state index contributed by atoms with van der Waals surface area (Å²) in [4.78, 5) is 25.5. The zero-order chi connectivity index (χ0) is 30.0. The Balaban J connectivity index is 1.21. The molecule has 42 heavy (non-hydrogen) atoms. The minimum absolute atomic E-state index is 0.0693. The number of aliphatic hydroxyl groups is 2. The van der Waals surface area contributed by atoms with E-state index in [2.05, 4.69) is 15.0 Å². The number of carbonyl (C=O) groups is 1. The van der Waals surface area contributed by atoms with E-state index in [0.29, 0.717) is 10.4 Å². The summed E-state index contributed by atoms with van der Waals surface area (Å²) in [7, 11) is -0.911. The molecule has 1 saturated heterocycles. The first kappa shape index (κ1) is 30.5. The molecule has 2 aliphatic rings. The van der Waals surface area contributed by atoms with E-state index in [1.807, 2.05) is 0 Å². The molecule has 2 aromatic heterocycles. The number of carbonyl (C=O) groups excluding carboxylic acids is 1. The number of methoxy groups -OCH3 is 1. The van der Waals surface area contributed by atoms with Gasteiger partial charge in [-0.1, -0.05) is 18.2 Å². The molecule has 6 atom stereocenters. The van der Waals surface area contributed by atoms with Gasteiger partial charge in [0.15, 0.2) is 28.8 Å². The van der Waals surface area contributed by atoms with E-state index in [4.69, 9.17) is 30.2 Å². The molecule has 14 nitrogen and oxygen atoms in total. The Bertz CT molecular complexity index is 1450. The number of rotatable bonds is 11. The summed E-state index contributed by atoms with van der Waals surface area (Å²) in [5.41, 5.74) is 11.4. The Kier molecular flexibility index (Phi) is 9.28. The Morgan fingerprint density at radius 2 is 2.05 bits per heavy atom. The molecule has 5 rings (SSSR count). The monoisotopic (exact) mass is 621 g/mol. The van der Waals surface area contributed by atoms with Gasteiger partial charge in [0, 0.05) is 0 Å². The molecule has 1 aromatic carbocycles. The Morgan fingerprint density at radius 3 is 2.79 bits per heavy atom. The highest BCUT2D eigenvalue weighted by molar-refractivity contribution is 8.50. The van der Waals surface area contributed by atoms with Gasteiger partial charge in [-0.15, -0.1) is 4.52 Å². The van der Waals surface area contributed by atoms with Crippen molar-refractivity contribution in [2.45, 2.75) is 80.1 Å². The lowest BCUT2D eigenvalue weighted by Crippen LogP contribution is -2.44. The molecule has 1 aliphatic heterocycles. The summed E-state index contributed by atoms with van der Waals surface area (Å²) in [6.07, 6.45) is 1.75. The van der Waals surface area contributed by atoms with Crippen molar-refractivity contribution in [3.8, 4) is 5.88 Å². The predicted octanol–water partition coefficient (Wildman–Crippen LogP) is 2.25. The third-order valence-electron chi connectivity index (χ3n) is 7.42. The van der Waals surface area contributed by atoms with Gasteiger partial charge in [-0.2, -0.15) is 9.97 Å². The molecule has 16 heteroatoms. The SMILES string of the molecule is COc1nc(N)nc2c1ncn2C1OC(CO[P+](=O)Sc2ccccc2CC(N)C(=O)OC2CCCC2)C(O)C1(C)O. The molecule has 0 radical (unpaired) electrons. The van der Waals surface area contributed by atoms with Crippen molar-refractivity contribution in [3.63, 3.8) is 0 Å². The van der Waals surface area contributed by atoms with Crippen LogP contribution in [-0.2, 0) is 29.8 Å². The lowest BCUT2D eigenvalue weighted by Gasteiger charge is -2.27. The smallest absolute Gasteiger partial charge is 0.479 e. The minimum atomic E-state index is -2.32. The van der Waals surface area contributed by atoms with E-state index >= 15 is 0 Å². The number of anilines is 1. The molecule has 3 aromatic rings. The van der Waals surface area contributed by atoms with Crippen LogP contribution in [0.25, 0.3) is 11.2 Å². The van der Waals surface area contributed by atoms with Crippen LogP contribution < -0.4 is 16.2 Å². The fourth-order valence-electron chi connectivity index (χ4n) is 5.18. The number of hydrogen-bond donors (Lipinski definition) is 4. The quantitative estimate of drug-likeness (QED) is 0.179. The third-order valence-corrected chi connectivity index (χ3v) is 9.88. The van der Waals surface area contributed by atoms with Crippen LogP contribution in [0, 0.1) is 0 Å². The molecule has 226 valence electrons. The number of fused-ring (bicyclic) bond motifs is 1. The maximum atomic E-state index is 12.9. The van der Waals surface area contributed by atoms with Gasteiger partial charge >= 0.3 is 13.2 Å². The van der Waals surface area contributed by atoms with Crippen molar-refractivity contribution in [1.29, 1.82) is 0 Å². The third kappa shape index (κ3) is 6.37. The van der Waals surface area contributed by atoms with Crippen LogP contribution in [0.1, 0.15) is 44.4 Å². The van der Waals surface area contributed by atoms with Crippen molar-refractivity contribution in [2.75, 3.05) is 19.5 Å². The molecule has 6 N–H and O–H groups in total. The van der Waals surface area contributed by atoms with Crippen LogP contribution in [-0.4, -0.2) is 79.4 Å². The number of esters is 1. The zero-order valence-electron chi connectivity index (χ0n) is 23.2. The predicted molar refractivity (Wildman–Crippen MR) is 153 cm³/mol. The lowest BCUT2D eigenvalue weighted by atomic mass is 9.96. The standard InChI is InChI=1S/C26H34N6O8PS/c1-26(35)20(33)17(40-24(26)32-13-29-19-21(32)30-25(28)31-22(19)37-2)12-38-41(36)42-18-10-6-3-7-14(18)11-16(27)23(34)39-15-8-4-5-9-15/h3,6-7,10,13,15-17,20,24,33,35H,4-5,8-9,11-12,27H2,1-2H3,(H2,28,30,31)/q+1. The molecule has 0 amide bonds. The molecular formula is C26H34N6O8PS+.